The molecule has 10 heteroatoms. The molecule has 1 aliphatic rings. The Hall–Kier alpha value is -1.97. The molecule has 0 saturated heterocycles. The van der Waals surface area contributed by atoms with E-state index < -0.39 is 15.5 Å². The second-order valence-electron chi connectivity index (χ2n) is 5.87. The summed E-state index contributed by atoms with van der Waals surface area (Å²) >= 11 is 7.95. The number of thioether (sulfide) groups is 1. The molecule has 1 aliphatic heterocycles. The van der Waals surface area contributed by atoms with Crippen LogP contribution < -0.4 is 4.74 Å². The number of ketones is 1. The van der Waals surface area contributed by atoms with Gasteiger partial charge in [0.15, 0.2) is 0 Å². The number of halogens is 1. The normalized spacial score (nSPS) is 15.9. The van der Waals surface area contributed by atoms with Crippen molar-refractivity contribution in [1.82, 2.24) is 9.78 Å². The molecule has 1 aromatic carbocycles. The lowest BCUT2D eigenvalue weighted by Gasteiger charge is -2.12. The minimum absolute atomic E-state index is 0.0146. The molecule has 1 aromatic heterocycles. The molecular formula is C17H18ClN3O4S2. The van der Waals surface area contributed by atoms with Crippen molar-refractivity contribution in [2.75, 3.05) is 19.1 Å². The highest BCUT2D eigenvalue weighted by Gasteiger charge is 2.24. The topological polar surface area (TPSA) is 93.8 Å². The van der Waals surface area contributed by atoms with Gasteiger partial charge in [-0.15, -0.1) is 11.8 Å². The lowest BCUT2D eigenvalue weighted by molar-refractivity contribution is 0.103. The number of rotatable bonds is 5. The van der Waals surface area contributed by atoms with Crippen LogP contribution in [-0.4, -0.2) is 44.0 Å². The third-order valence-electron chi connectivity index (χ3n) is 4.01. The molecule has 0 fully saturated rings. The second kappa shape index (κ2) is 7.57. The monoisotopic (exact) mass is 427 g/mol. The standard InChI is InChI=1S/C17H18ClN3O4S2/c1-21-17(23)11(9-19-21)16(22)10-6-7-12(25-2)15(14(10)18)20-27(3,24)13-5-4-8-26-13/h5-7,9,23H,4,8H2,1-3H3. The van der Waals surface area contributed by atoms with Gasteiger partial charge in [0.2, 0.25) is 11.7 Å². The molecule has 7 nitrogen and oxygen atoms in total. The van der Waals surface area contributed by atoms with E-state index in [0.29, 0.717) is 9.99 Å². The zero-order valence-electron chi connectivity index (χ0n) is 14.9. The average molecular weight is 428 g/mol. The van der Waals surface area contributed by atoms with Crippen LogP contribution in [0, 0.1) is 0 Å². The van der Waals surface area contributed by atoms with Crippen molar-refractivity contribution >= 4 is 44.6 Å². The molecule has 0 bridgehead atoms. The summed E-state index contributed by atoms with van der Waals surface area (Å²) in [6, 6.07) is 3.02. The minimum atomic E-state index is -2.72. The fraction of sp³-hybridized carbons (Fsp3) is 0.294. The summed E-state index contributed by atoms with van der Waals surface area (Å²) in [7, 11) is 0.238. The summed E-state index contributed by atoms with van der Waals surface area (Å²) < 4.78 is 24.6. The summed E-state index contributed by atoms with van der Waals surface area (Å²) in [4.78, 5) is 12.8. The van der Waals surface area contributed by atoms with Gasteiger partial charge in [0.1, 0.15) is 17.0 Å². The molecule has 1 atom stereocenters. The van der Waals surface area contributed by atoms with Crippen molar-refractivity contribution in [1.29, 1.82) is 0 Å². The zero-order chi connectivity index (χ0) is 19.8. The third kappa shape index (κ3) is 3.71. The number of carbonyl (C=O) groups is 1. The molecule has 0 saturated carbocycles. The van der Waals surface area contributed by atoms with Crippen LogP contribution in [0.5, 0.6) is 11.6 Å². The fourth-order valence-corrected chi connectivity index (χ4v) is 5.88. The molecule has 1 unspecified atom stereocenters. The molecule has 0 radical (unpaired) electrons. The van der Waals surface area contributed by atoms with E-state index in [4.69, 9.17) is 16.3 Å². The highest BCUT2D eigenvalue weighted by atomic mass is 35.5. The number of benzene rings is 1. The Morgan fingerprint density at radius 1 is 1.44 bits per heavy atom. The molecule has 2 heterocycles. The molecular weight excluding hydrogens is 410 g/mol. The van der Waals surface area contributed by atoms with E-state index in [9.17, 15) is 14.1 Å². The number of allylic oxidation sites excluding steroid dienone is 1. The summed E-state index contributed by atoms with van der Waals surface area (Å²) in [6.45, 7) is 0. The van der Waals surface area contributed by atoms with Gasteiger partial charge in [-0.25, -0.2) is 8.89 Å². The first kappa shape index (κ1) is 19.8. The Balaban J connectivity index is 2.15. The van der Waals surface area contributed by atoms with Crippen LogP contribution in [0.25, 0.3) is 0 Å². The van der Waals surface area contributed by atoms with Gasteiger partial charge in [0.25, 0.3) is 0 Å². The van der Waals surface area contributed by atoms with Gasteiger partial charge < -0.3 is 9.84 Å². The number of aryl methyl sites for hydroxylation is 1. The van der Waals surface area contributed by atoms with Crippen LogP contribution in [0.2, 0.25) is 5.02 Å². The quantitative estimate of drug-likeness (QED) is 0.730. The van der Waals surface area contributed by atoms with Gasteiger partial charge >= 0.3 is 0 Å². The summed E-state index contributed by atoms with van der Waals surface area (Å²) in [5.74, 6) is 0.392. The van der Waals surface area contributed by atoms with E-state index in [1.807, 2.05) is 6.08 Å². The van der Waals surface area contributed by atoms with E-state index in [2.05, 4.69) is 9.46 Å². The minimum Gasteiger partial charge on any atom is -0.494 e. The number of carbonyl (C=O) groups excluding carboxylic acids is 1. The number of aromatic nitrogens is 2. The first-order valence-corrected chi connectivity index (χ1v) is 11.2. The van der Waals surface area contributed by atoms with Crippen LogP contribution in [-0.2, 0) is 16.8 Å². The first-order valence-electron chi connectivity index (χ1n) is 7.93. The number of nitrogens with zero attached hydrogens (tertiary/aromatic N) is 3. The van der Waals surface area contributed by atoms with Gasteiger partial charge in [0.05, 0.1) is 32.3 Å². The maximum absolute atomic E-state index is 13.1. The van der Waals surface area contributed by atoms with E-state index in [0.717, 1.165) is 12.2 Å². The fourth-order valence-electron chi connectivity index (χ4n) is 2.59. The lowest BCUT2D eigenvalue weighted by Crippen LogP contribution is -2.03. The van der Waals surface area contributed by atoms with E-state index >= 15 is 0 Å². The summed E-state index contributed by atoms with van der Waals surface area (Å²) in [5, 5.41) is 13.9. The summed E-state index contributed by atoms with van der Waals surface area (Å²) in [5.41, 5.74) is 0.277. The van der Waals surface area contributed by atoms with Gasteiger partial charge in [0, 0.05) is 24.6 Å². The largest absolute Gasteiger partial charge is 0.494 e. The number of ether oxygens (including phenoxy) is 1. The van der Waals surface area contributed by atoms with Crippen LogP contribution >= 0.6 is 23.4 Å². The van der Waals surface area contributed by atoms with Crippen molar-refractivity contribution in [2.24, 2.45) is 11.4 Å². The Bertz CT molecular complexity index is 1070. The molecule has 0 amide bonds. The zero-order valence-corrected chi connectivity index (χ0v) is 17.3. The van der Waals surface area contributed by atoms with E-state index in [1.165, 1.54) is 55.2 Å². The molecule has 2 aromatic rings. The van der Waals surface area contributed by atoms with Crippen molar-refractivity contribution in [3.05, 3.63) is 44.8 Å². The molecule has 144 valence electrons. The molecule has 27 heavy (non-hydrogen) atoms. The van der Waals surface area contributed by atoms with Crippen molar-refractivity contribution in [3.63, 3.8) is 0 Å². The van der Waals surface area contributed by atoms with Crippen molar-refractivity contribution < 1.29 is 18.8 Å². The smallest absolute Gasteiger partial charge is 0.220 e. The highest BCUT2D eigenvalue weighted by molar-refractivity contribution is 8.19. The van der Waals surface area contributed by atoms with Gasteiger partial charge in [-0.2, -0.15) is 9.46 Å². The Kier molecular flexibility index (Phi) is 5.55. The third-order valence-corrected chi connectivity index (χ3v) is 8.01. The molecule has 0 spiro atoms. The predicted molar refractivity (Wildman–Crippen MR) is 108 cm³/mol. The van der Waals surface area contributed by atoms with Crippen molar-refractivity contribution in [2.45, 2.75) is 6.42 Å². The lowest BCUT2D eigenvalue weighted by atomic mass is 10.0. The molecule has 0 aliphatic carbocycles. The SMILES string of the molecule is COc1ccc(C(=O)c2cnn(C)c2O)c(Cl)c1N=S(C)(=O)C1=CCCS1. The second-order valence-corrected chi connectivity index (χ2v) is 9.87. The molecule has 1 N–H and O–H groups in total. The average Bonchev–Trinajstić information content (AvgIpc) is 3.28. The van der Waals surface area contributed by atoms with Crippen LogP contribution in [0.3, 0.4) is 0 Å². The van der Waals surface area contributed by atoms with Crippen molar-refractivity contribution in [3.8, 4) is 11.6 Å². The number of hydrogen-bond donors (Lipinski definition) is 1. The maximum atomic E-state index is 13.1. The van der Waals surface area contributed by atoms with Gasteiger partial charge in [-0.3, -0.25) is 4.79 Å². The van der Waals surface area contributed by atoms with E-state index in [1.54, 1.807) is 0 Å². The van der Waals surface area contributed by atoms with Crippen LogP contribution in [0.15, 0.2) is 33.0 Å². The Morgan fingerprint density at radius 3 is 2.74 bits per heavy atom. The first-order chi connectivity index (χ1) is 12.8. The number of aromatic hydroxyl groups is 1. The number of hydrogen-bond acceptors (Lipinski definition) is 7. The Morgan fingerprint density at radius 2 is 2.19 bits per heavy atom. The highest BCUT2D eigenvalue weighted by Crippen LogP contribution is 2.42. The predicted octanol–water partition coefficient (Wildman–Crippen LogP) is 3.73. The Labute approximate surface area is 166 Å². The van der Waals surface area contributed by atoms with Crippen LogP contribution in [0.4, 0.5) is 5.69 Å². The molecule has 3 rings (SSSR count). The summed E-state index contributed by atoms with van der Waals surface area (Å²) in [6.07, 6.45) is 5.54. The maximum Gasteiger partial charge on any atom is 0.220 e. The van der Waals surface area contributed by atoms with Gasteiger partial charge in [-0.1, -0.05) is 17.7 Å². The van der Waals surface area contributed by atoms with E-state index in [-0.39, 0.29) is 27.7 Å². The van der Waals surface area contributed by atoms with Gasteiger partial charge in [-0.05, 0) is 18.6 Å². The number of methoxy groups -OCH3 is 1. The van der Waals surface area contributed by atoms with Crippen LogP contribution in [0.1, 0.15) is 22.3 Å².